The van der Waals surface area contributed by atoms with E-state index < -0.39 is 6.03 Å². The minimum absolute atomic E-state index is 0.0657. The van der Waals surface area contributed by atoms with Crippen LogP contribution in [0.15, 0.2) is 25.3 Å². The number of hydrogen-bond donors (Lipinski definition) is 3. The van der Waals surface area contributed by atoms with E-state index in [2.05, 4.69) is 23.8 Å². The van der Waals surface area contributed by atoms with Crippen molar-refractivity contribution in [3.8, 4) is 0 Å². The molecule has 4 fully saturated rings. The molecular formula is C32H54N6O6. The Morgan fingerprint density at radius 1 is 0.659 bits per heavy atom. The average Bonchev–Trinajstić information content (AvgIpc) is 3.57. The molecule has 0 spiro atoms. The molecule has 0 radical (unpaired) electrons. The average molecular weight is 619 g/mol. The van der Waals surface area contributed by atoms with Crippen LogP contribution in [0.1, 0.15) is 103 Å². The van der Waals surface area contributed by atoms with Gasteiger partial charge in [-0.3, -0.25) is 33.9 Å². The normalized spacial score (nSPS) is 19.3. The van der Waals surface area contributed by atoms with Gasteiger partial charge in [-0.2, -0.15) is 0 Å². The van der Waals surface area contributed by atoms with Crippen molar-refractivity contribution in [1.82, 2.24) is 25.3 Å². The Morgan fingerprint density at radius 2 is 1.09 bits per heavy atom. The fourth-order valence-corrected chi connectivity index (χ4v) is 4.87. The number of nitrogens with one attached hydrogen (secondary N) is 2. The fourth-order valence-electron chi connectivity index (χ4n) is 4.87. The van der Waals surface area contributed by atoms with Crippen molar-refractivity contribution < 1.29 is 28.8 Å². The van der Waals surface area contributed by atoms with Crippen LogP contribution in [-0.2, 0) is 19.2 Å². The lowest BCUT2D eigenvalue weighted by Crippen LogP contribution is -2.48. The van der Waals surface area contributed by atoms with Crippen molar-refractivity contribution in [3.63, 3.8) is 0 Å². The van der Waals surface area contributed by atoms with E-state index in [9.17, 15) is 28.8 Å². The van der Waals surface area contributed by atoms with E-state index >= 15 is 0 Å². The summed E-state index contributed by atoms with van der Waals surface area (Å²) in [6.45, 7) is 10.2. The summed E-state index contributed by atoms with van der Waals surface area (Å²) in [5, 5.41) is 5.41. The molecule has 0 saturated carbocycles. The van der Waals surface area contributed by atoms with Crippen molar-refractivity contribution in [3.05, 3.63) is 25.3 Å². The molecule has 0 atom stereocenters. The van der Waals surface area contributed by atoms with E-state index in [4.69, 9.17) is 5.73 Å². The van der Waals surface area contributed by atoms with Crippen LogP contribution in [0, 0.1) is 0 Å². The standard InChI is InChI=1S/C13H20N2O3.C10H16N2O2.C6H11NO.C3H7N/c16-11-7-3-1-5-9-14(11)13(18)15-10-6-2-4-8-12(15)17;1-2-7-11-10(14)12-8-5-3-4-6-9(12)13;8-6-4-2-1-3-5-7-6;1-2-3-4/h1-10H2;2H,1,3-8H2,(H,11,14);1-5H2,(H,7,8);2H,1,3-4H2. The Labute approximate surface area is 262 Å². The molecule has 0 aliphatic carbocycles. The Bertz CT molecular complexity index is 914. The number of amides is 8. The second-order valence-corrected chi connectivity index (χ2v) is 11.0. The van der Waals surface area contributed by atoms with Gasteiger partial charge in [0.15, 0.2) is 0 Å². The Kier molecular flexibility index (Phi) is 20.9. The van der Waals surface area contributed by atoms with E-state index in [-0.39, 0.29) is 29.7 Å². The molecule has 4 rings (SSSR count). The molecule has 4 saturated heterocycles. The first-order valence-corrected chi connectivity index (χ1v) is 16.2. The summed E-state index contributed by atoms with van der Waals surface area (Å²) in [5.41, 5.74) is 4.91. The van der Waals surface area contributed by atoms with Crippen LogP contribution in [-0.4, -0.2) is 89.7 Å². The third kappa shape index (κ3) is 15.8. The molecule has 12 heteroatoms. The zero-order valence-electron chi connectivity index (χ0n) is 26.5. The first kappa shape index (κ1) is 38.5. The molecule has 4 N–H and O–H groups in total. The highest BCUT2D eigenvalue weighted by molar-refractivity contribution is 6.02. The van der Waals surface area contributed by atoms with Crippen molar-refractivity contribution in [2.45, 2.75) is 103 Å². The molecule has 0 aromatic rings. The van der Waals surface area contributed by atoms with E-state index in [0.717, 1.165) is 83.6 Å². The summed E-state index contributed by atoms with van der Waals surface area (Å²) in [5.74, 6) is -0.101. The zero-order valence-corrected chi connectivity index (χ0v) is 26.5. The number of urea groups is 2. The highest BCUT2D eigenvalue weighted by Crippen LogP contribution is 2.17. The highest BCUT2D eigenvalue weighted by Gasteiger charge is 2.31. The molecule has 8 amide bonds. The maximum Gasteiger partial charge on any atom is 0.333 e. The van der Waals surface area contributed by atoms with Crippen LogP contribution in [0.4, 0.5) is 9.59 Å². The first-order valence-electron chi connectivity index (χ1n) is 16.2. The molecule has 0 aromatic heterocycles. The topological polar surface area (TPSA) is 162 Å². The van der Waals surface area contributed by atoms with E-state index in [0.29, 0.717) is 52.0 Å². The SMILES string of the molecule is C=CCN.C=CCNC(=O)N1CCCCCC1=O.O=C1CCCCCN1.O=C1CCCCCN1C(=O)N1CCCCCC1=O. The smallest absolute Gasteiger partial charge is 0.333 e. The van der Waals surface area contributed by atoms with Gasteiger partial charge in [-0.25, -0.2) is 9.59 Å². The molecule has 4 heterocycles. The molecule has 0 bridgehead atoms. The van der Waals surface area contributed by atoms with E-state index in [1.807, 2.05) is 0 Å². The number of hydrogen-bond acceptors (Lipinski definition) is 7. The summed E-state index contributed by atoms with van der Waals surface area (Å²) < 4.78 is 0. The summed E-state index contributed by atoms with van der Waals surface area (Å²) in [6, 6.07) is -0.689. The van der Waals surface area contributed by atoms with Gasteiger partial charge in [-0.05, 0) is 51.4 Å². The lowest BCUT2D eigenvalue weighted by molar-refractivity contribution is -0.131. The largest absolute Gasteiger partial charge is 0.356 e. The van der Waals surface area contributed by atoms with Gasteiger partial charge in [0.25, 0.3) is 0 Å². The summed E-state index contributed by atoms with van der Waals surface area (Å²) >= 11 is 0. The number of carbonyl (C=O) groups excluding carboxylic acids is 6. The minimum Gasteiger partial charge on any atom is -0.356 e. The highest BCUT2D eigenvalue weighted by atomic mass is 16.2. The zero-order chi connectivity index (χ0) is 32.6. The molecule has 0 aromatic carbocycles. The second kappa shape index (κ2) is 23.9. The van der Waals surface area contributed by atoms with E-state index in [1.165, 1.54) is 21.1 Å². The lowest BCUT2D eigenvalue weighted by Gasteiger charge is -2.26. The number of likely N-dealkylation sites (tertiary alicyclic amines) is 3. The lowest BCUT2D eigenvalue weighted by atomic mass is 10.2. The number of nitrogens with two attached hydrogens (primary N) is 1. The quantitative estimate of drug-likeness (QED) is 0.403. The van der Waals surface area contributed by atoms with Gasteiger partial charge < -0.3 is 16.4 Å². The second-order valence-electron chi connectivity index (χ2n) is 11.0. The van der Waals surface area contributed by atoms with Gasteiger partial charge in [0.2, 0.25) is 23.6 Å². The molecule has 248 valence electrons. The van der Waals surface area contributed by atoms with Crippen molar-refractivity contribution in [2.75, 3.05) is 39.3 Å². The maximum atomic E-state index is 12.3. The van der Waals surface area contributed by atoms with Crippen LogP contribution in [0.3, 0.4) is 0 Å². The molecular weight excluding hydrogens is 564 g/mol. The van der Waals surface area contributed by atoms with Crippen LogP contribution < -0.4 is 16.4 Å². The van der Waals surface area contributed by atoms with Gasteiger partial charge in [-0.15, -0.1) is 13.2 Å². The molecule has 4 aliphatic heterocycles. The van der Waals surface area contributed by atoms with Crippen LogP contribution >= 0.6 is 0 Å². The minimum atomic E-state index is -0.395. The number of nitrogens with zero attached hydrogens (tertiary/aromatic N) is 3. The Hall–Kier alpha value is -3.54. The van der Waals surface area contributed by atoms with Crippen LogP contribution in [0.25, 0.3) is 0 Å². The van der Waals surface area contributed by atoms with Crippen molar-refractivity contribution in [2.24, 2.45) is 5.73 Å². The van der Waals surface area contributed by atoms with E-state index in [1.54, 1.807) is 12.2 Å². The van der Waals surface area contributed by atoms with Crippen LogP contribution in [0.5, 0.6) is 0 Å². The predicted molar refractivity (Wildman–Crippen MR) is 170 cm³/mol. The van der Waals surface area contributed by atoms with Gasteiger partial charge in [0.1, 0.15) is 0 Å². The predicted octanol–water partition coefficient (Wildman–Crippen LogP) is 4.00. The summed E-state index contributed by atoms with van der Waals surface area (Å²) in [4.78, 5) is 73.4. The molecule has 4 aliphatic rings. The number of imide groups is 3. The molecule has 0 unspecified atom stereocenters. The maximum absolute atomic E-state index is 12.3. The Balaban J connectivity index is 0.000000329. The third-order valence-corrected chi connectivity index (χ3v) is 7.39. The van der Waals surface area contributed by atoms with Gasteiger partial charge in [0.05, 0.1) is 0 Å². The van der Waals surface area contributed by atoms with Crippen molar-refractivity contribution >= 4 is 35.7 Å². The fraction of sp³-hybridized carbons (Fsp3) is 0.688. The molecule has 12 nitrogen and oxygen atoms in total. The molecule has 44 heavy (non-hydrogen) atoms. The monoisotopic (exact) mass is 618 g/mol. The van der Waals surface area contributed by atoms with Gasteiger partial charge in [0, 0.05) is 65.0 Å². The van der Waals surface area contributed by atoms with Gasteiger partial charge >= 0.3 is 12.1 Å². The number of carbonyl (C=O) groups is 6. The Morgan fingerprint density at radius 3 is 1.57 bits per heavy atom. The number of rotatable bonds is 3. The van der Waals surface area contributed by atoms with Crippen molar-refractivity contribution in [1.29, 1.82) is 0 Å². The first-order chi connectivity index (χ1) is 21.3. The summed E-state index contributed by atoms with van der Waals surface area (Å²) in [7, 11) is 0. The third-order valence-electron chi connectivity index (χ3n) is 7.39. The van der Waals surface area contributed by atoms with Gasteiger partial charge in [-0.1, -0.05) is 37.8 Å². The summed E-state index contributed by atoms with van der Waals surface area (Å²) in [6.07, 6.45) is 16.9. The van der Waals surface area contributed by atoms with Crippen LogP contribution in [0.2, 0.25) is 0 Å².